The Morgan fingerprint density at radius 2 is 1.88 bits per heavy atom. The fraction of sp³-hybridized carbons (Fsp3) is 0.263. The highest BCUT2D eigenvalue weighted by Crippen LogP contribution is 2.18. The first-order chi connectivity index (χ1) is 11.5. The lowest BCUT2D eigenvalue weighted by molar-refractivity contribution is 0.0949. The number of nitrogens with zero attached hydrogens (tertiary/aromatic N) is 2. The van der Waals surface area contributed by atoms with Gasteiger partial charge in [0.1, 0.15) is 5.82 Å². The van der Waals surface area contributed by atoms with Crippen LogP contribution in [0.5, 0.6) is 0 Å². The summed E-state index contributed by atoms with van der Waals surface area (Å²) in [4.78, 5) is 17.0. The van der Waals surface area contributed by atoms with Gasteiger partial charge in [-0.05, 0) is 42.3 Å². The van der Waals surface area contributed by atoms with Crippen LogP contribution in [0, 0.1) is 5.92 Å². The molecular weight excluding hydrogens is 322 g/mol. The van der Waals surface area contributed by atoms with Crippen molar-refractivity contribution in [3.63, 3.8) is 0 Å². The summed E-state index contributed by atoms with van der Waals surface area (Å²) in [5.74, 6) is 1.23. The third-order valence-corrected chi connectivity index (χ3v) is 4.05. The molecule has 0 saturated carbocycles. The number of halogens is 1. The lowest BCUT2D eigenvalue weighted by Crippen LogP contribution is -2.25. The van der Waals surface area contributed by atoms with Crippen molar-refractivity contribution >= 4 is 28.5 Å². The maximum atomic E-state index is 12.3. The van der Waals surface area contributed by atoms with Gasteiger partial charge in [0.05, 0.1) is 17.6 Å². The van der Waals surface area contributed by atoms with E-state index >= 15 is 0 Å². The van der Waals surface area contributed by atoms with E-state index in [0.29, 0.717) is 23.0 Å². The van der Waals surface area contributed by atoms with Gasteiger partial charge >= 0.3 is 0 Å². The van der Waals surface area contributed by atoms with Gasteiger partial charge in [0.15, 0.2) is 0 Å². The molecule has 1 aromatic heterocycles. The summed E-state index contributed by atoms with van der Waals surface area (Å²) in [5, 5.41) is 3.56. The Morgan fingerprint density at radius 3 is 2.58 bits per heavy atom. The van der Waals surface area contributed by atoms with Crippen LogP contribution in [-0.4, -0.2) is 15.5 Å². The fourth-order valence-corrected chi connectivity index (χ4v) is 2.82. The molecule has 0 saturated heterocycles. The average Bonchev–Trinajstić information content (AvgIpc) is 2.90. The number of carbonyl (C=O) groups is 1. The molecule has 1 amide bonds. The number of amides is 1. The molecule has 0 aliphatic heterocycles. The van der Waals surface area contributed by atoms with Crippen LogP contribution in [-0.2, 0) is 13.1 Å². The summed E-state index contributed by atoms with van der Waals surface area (Å²) in [6, 6.07) is 14.9. The lowest BCUT2D eigenvalue weighted by atomic mass is 10.2. The number of hydrogen-bond donors (Lipinski definition) is 1. The van der Waals surface area contributed by atoms with Crippen LogP contribution >= 0.6 is 11.6 Å². The molecule has 1 heterocycles. The molecule has 4 nitrogen and oxygen atoms in total. The molecule has 3 aromatic rings. The molecule has 0 aliphatic rings. The van der Waals surface area contributed by atoms with Crippen LogP contribution in [0.25, 0.3) is 11.0 Å². The third kappa shape index (κ3) is 3.60. The van der Waals surface area contributed by atoms with E-state index in [1.807, 2.05) is 18.2 Å². The normalized spacial score (nSPS) is 11.2. The SMILES string of the molecule is CC(C)Cn1c(CNC(=O)c2ccc(Cl)cc2)nc2ccccc21. The molecule has 124 valence electrons. The first kappa shape index (κ1) is 16.5. The largest absolute Gasteiger partial charge is 0.345 e. The van der Waals surface area contributed by atoms with E-state index in [0.717, 1.165) is 23.4 Å². The molecule has 0 atom stereocenters. The first-order valence-electron chi connectivity index (χ1n) is 8.02. The van der Waals surface area contributed by atoms with E-state index in [9.17, 15) is 4.79 Å². The third-order valence-electron chi connectivity index (χ3n) is 3.79. The quantitative estimate of drug-likeness (QED) is 0.753. The number of para-hydroxylation sites is 2. The number of carbonyl (C=O) groups excluding carboxylic acids is 1. The Hall–Kier alpha value is -2.33. The number of rotatable bonds is 5. The van der Waals surface area contributed by atoms with E-state index in [1.54, 1.807) is 24.3 Å². The Morgan fingerprint density at radius 1 is 1.17 bits per heavy atom. The predicted molar refractivity (Wildman–Crippen MR) is 97.2 cm³/mol. The minimum atomic E-state index is -0.130. The molecule has 2 aromatic carbocycles. The molecule has 0 radical (unpaired) electrons. The first-order valence-corrected chi connectivity index (χ1v) is 8.40. The topological polar surface area (TPSA) is 46.9 Å². The molecule has 0 fully saturated rings. The number of hydrogen-bond acceptors (Lipinski definition) is 2. The molecule has 0 aliphatic carbocycles. The second-order valence-corrected chi connectivity index (χ2v) is 6.65. The highest BCUT2D eigenvalue weighted by molar-refractivity contribution is 6.30. The number of aromatic nitrogens is 2. The van der Waals surface area contributed by atoms with E-state index in [-0.39, 0.29) is 5.91 Å². The smallest absolute Gasteiger partial charge is 0.251 e. The molecule has 3 rings (SSSR count). The summed E-state index contributed by atoms with van der Waals surface area (Å²) in [6.07, 6.45) is 0. The van der Waals surface area contributed by atoms with E-state index < -0.39 is 0 Å². The number of benzene rings is 2. The van der Waals surface area contributed by atoms with Gasteiger partial charge in [0, 0.05) is 17.1 Å². The van der Waals surface area contributed by atoms with Crippen molar-refractivity contribution in [3.05, 3.63) is 64.9 Å². The van der Waals surface area contributed by atoms with Crippen molar-refractivity contribution in [2.24, 2.45) is 5.92 Å². The van der Waals surface area contributed by atoms with Crippen molar-refractivity contribution in [2.75, 3.05) is 0 Å². The van der Waals surface area contributed by atoms with E-state index in [1.165, 1.54) is 0 Å². The Labute approximate surface area is 146 Å². The monoisotopic (exact) mass is 341 g/mol. The second-order valence-electron chi connectivity index (χ2n) is 6.21. The summed E-state index contributed by atoms with van der Waals surface area (Å²) in [6.45, 7) is 5.60. The van der Waals surface area contributed by atoms with Crippen LogP contribution in [0.15, 0.2) is 48.5 Å². The highest BCUT2D eigenvalue weighted by Gasteiger charge is 2.13. The number of imidazole rings is 1. The summed E-state index contributed by atoms with van der Waals surface area (Å²) in [5.41, 5.74) is 2.64. The maximum absolute atomic E-state index is 12.3. The van der Waals surface area contributed by atoms with Gasteiger partial charge < -0.3 is 9.88 Å². The number of nitrogens with one attached hydrogen (secondary N) is 1. The summed E-state index contributed by atoms with van der Waals surface area (Å²) >= 11 is 5.86. The van der Waals surface area contributed by atoms with Crippen molar-refractivity contribution in [1.29, 1.82) is 0 Å². The second kappa shape index (κ2) is 7.05. The van der Waals surface area contributed by atoms with Crippen LogP contribution in [0.1, 0.15) is 30.0 Å². The zero-order valence-corrected chi connectivity index (χ0v) is 14.5. The van der Waals surface area contributed by atoms with Crippen molar-refractivity contribution < 1.29 is 4.79 Å². The van der Waals surface area contributed by atoms with Gasteiger partial charge in [0.25, 0.3) is 5.91 Å². The van der Waals surface area contributed by atoms with E-state index in [2.05, 4.69) is 34.8 Å². The summed E-state index contributed by atoms with van der Waals surface area (Å²) < 4.78 is 2.18. The molecule has 5 heteroatoms. The van der Waals surface area contributed by atoms with Crippen molar-refractivity contribution in [3.8, 4) is 0 Å². The van der Waals surface area contributed by atoms with Gasteiger partial charge in [-0.15, -0.1) is 0 Å². The molecule has 1 N–H and O–H groups in total. The maximum Gasteiger partial charge on any atom is 0.251 e. The summed E-state index contributed by atoms with van der Waals surface area (Å²) in [7, 11) is 0. The fourth-order valence-electron chi connectivity index (χ4n) is 2.69. The lowest BCUT2D eigenvalue weighted by Gasteiger charge is -2.12. The van der Waals surface area contributed by atoms with Crippen LogP contribution in [0.4, 0.5) is 0 Å². The van der Waals surface area contributed by atoms with Crippen molar-refractivity contribution in [2.45, 2.75) is 26.9 Å². The van der Waals surface area contributed by atoms with Gasteiger partial charge in [-0.1, -0.05) is 37.6 Å². The molecular formula is C19H20ClN3O. The molecule has 0 unspecified atom stereocenters. The van der Waals surface area contributed by atoms with Crippen LogP contribution < -0.4 is 5.32 Å². The van der Waals surface area contributed by atoms with Crippen molar-refractivity contribution in [1.82, 2.24) is 14.9 Å². The van der Waals surface area contributed by atoms with Crippen LogP contribution in [0.2, 0.25) is 5.02 Å². The van der Waals surface area contributed by atoms with Gasteiger partial charge in [0.2, 0.25) is 0 Å². The molecule has 24 heavy (non-hydrogen) atoms. The Balaban J connectivity index is 1.81. The molecule has 0 bridgehead atoms. The van der Waals surface area contributed by atoms with Gasteiger partial charge in [-0.3, -0.25) is 4.79 Å². The minimum Gasteiger partial charge on any atom is -0.345 e. The minimum absolute atomic E-state index is 0.130. The standard InChI is InChI=1S/C19H20ClN3O/c1-13(2)12-23-17-6-4-3-5-16(17)22-18(23)11-21-19(24)14-7-9-15(20)10-8-14/h3-10,13H,11-12H2,1-2H3,(H,21,24). The highest BCUT2D eigenvalue weighted by atomic mass is 35.5. The number of fused-ring (bicyclic) bond motifs is 1. The van der Waals surface area contributed by atoms with Gasteiger partial charge in [-0.25, -0.2) is 4.98 Å². The predicted octanol–water partition coefficient (Wildman–Crippen LogP) is 4.28. The Kier molecular flexibility index (Phi) is 4.86. The van der Waals surface area contributed by atoms with Crippen LogP contribution in [0.3, 0.4) is 0 Å². The Bertz CT molecular complexity index is 853. The average molecular weight is 342 g/mol. The zero-order chi connectivity index (χ0) is 17.1. The van der Waals surface area contributed by atoms with E-state index in [4.69, 9.17) is 11.6 Å². The zero-order valence-electron chi connectivity index (χ0n) is 13.8. The van der Waals surface area contributed by atoms with Gasteiger partial charge in [-0.2, -0.15) is 0 Å². The molecule has 0 spiro atoms.